The molecule has 0 saturated heterocycles. The minimum absolute atomic E-state index is 0.133. The van der Waals surface area contributed by atoms with Crippen molar-refractivity contribution in [2.75, 3.05) is 0 Å². The van der Waals surface area contributed by atoms with Crippen LogP contribution in [-0.2, 0) is 27.7 Å². The Hall–Kier alpha value is -1.02. The number of fused-ring (bicyclic) bond motifs is 2. The van der Waals surface area contributed by atoms with Crippen LogP contribution in [0.4, 0.5) is 0 Å². The third-order valence-electron chi connectivity index (χ3n) is 6.23. The Kier molecular flexibility index (Phi) is 7.70. The number of allylic oxidation sites excluding steroid dienone is 4. The van der Waals surface area contributed by atoms with Gasteiger partial charge in [0.05, 0.1) is 0 Å². The molecule has 0 heterocycles. The normalized spacial score (nSPS) is 20.3. The minimum atomic E-state index is -0.668. The molecule has 0 spiro atoms. The Morgan fingerprint density at radius 1 is 0.759 bits per heavy atom. The van der Waals surface area contributed by atoms with Crippen molar-refractivity contribution in [2.24, 2.45) is 0 Å². The second kappa shape index (κ2) is 9.86. The fourth-order valence-corrected chi connectivity index (χ4v) is 10.3. The molecular formula is C26H34OSiZr. The summed E-state index contributed by atoms with van der Waals surface area (Å²) in [5, 5.41) is 0. The predicted octanol–water partition coefficient (Wildman–Crippen LogP) is 6.71. The molecule has 152 valence electrons. The quantitative estimate of drug-likeness (QED) is 0.441. The van der Waals surface area contributed by atoms with Crippen LogP contribution < -0.4 is 0 Å². The molecule has 0 amide bonds. The van der Waals surface area contributed by atoms with Crippen molar-refractivity contribution in [1.29, 1.82) is 0 Å². The van der Waals surface area contributed by atoms with Gasteiger partial charge in [-0.15, -0.1) is 0 Å². The van der Waals surface area contributed by atoms with Gasteiger partial charge in [-0.05, 0) is 13.8 Å². The van der Waals surface area contributed by atoms with Crippen LogP contribution >= 0.6 is 0 Å². The van der Waals surface area contributed by atoms with Gasteiger partial charge in [-0.25, -0.2) is 0 Å². The van der Waals surface area contributed by atoms with Crippen LogP contribution in [-0.4, -0.2) is 15.9 Å². The Balaban J connectivity index is 0.000000353. The summed E-state index contributed by atoms with van der Waals surface area (Å²) in [6, 6.07) is 18.2. The van der Waals surface area contributed by atoms with Gasteiger partial charge in [0.25, 0.3) is 0 Å². The van der Waals surface area contributed by atoms with Gasteiger partial charge >= 0.3 is 151 Å². The summed E-state index contributed by atoms with van der Waals surface area (Å²) in [4.78, 5) is 0. The summed E-state index contributed by atoms with van der Waals surface area (Å²) in [6.45, 7) is 15.6. The van der Waals surface area contributed by atoms with Crippen LogP contribution in [0, 0.1) is 0 Å². The van der Waals surface area contributed by atoms with Crippen molar-refractivity contribution in [3.63, 3.8) is 0 Å². The summed E-state index contributed by atoms with van der Waals surface area (Å²) in [5.74, 6) is 0. The molecule has 0 aliphatic heterocycles. The van der Waals surface area contributed by atoms with Crippen molar-refractivity contribution in [3.05, 3.63) is 81.9 Å². The molecule has 0 fully saturated rings. The molecule has 29 heavy (non-hydrogen) atoms. The Morgan fingerprint density at radius 3 is 1.52 bits per heavy atom. The molecule has 0 radical (unpaired) electrons. The Bertz CT molecular complexity index is 870. The molecule has 2 atom stereocenters. The molecule has 0 N–H and O–H groups in total. The number of benzene rings is 2. The molecular weight excluding hydrogens is 448 g/mol. The minimum Gasteiger partial charge on any atom is -0.422 e. The third kappa shape index (κ3) is 4.68. The van der Waals surface area contributed by atoms with E-state index in [4.69, 9.17) is 4.43 Å². The molecule has 2 aliphatic carbocycles. The fourth-order valence-electron chi connectivity index (χ4n) is 4.43. The number of hydrogen-bond acceptors (Lipinski definition) is 1. The SMILES string of the molecule is CC1=C(C)[CH]([Zr][CH]2C(C)=C(C)c3ccccc32)c2ccccc21.C[SiH2]OC(C)C. The number of hydrogen-bond donors (Lipinski definition) is 0. The van der Waals surface area contributed by atoms with E-state index in [0.717, 1.165) is 7.25 Å². The van der Waals surface area contributed by atoms with Gasteiger partial charge < -0.3 is 4.43 Å². The van der Waals surface area contributed by atoms with Crippen molar-refractivity contribution in [2.45, 2.75) is 61.4 Å². The largest absolute Gasteiger partial charge is 0.422 e. The summed E-state index contributed by atoms with van der Waals surface area (Å²) < 4.78 is 6.64. The molecule has 0 aromatic heterocycles. The van der Waals surface area contributed by atoms with Crippen LogP contribution in [0.2, 0.25) is 6.55 Å². The van der Waals surface area contributed by atoms with Crippen molar-refractivity contribution in [1.82, 2.24) is 0 Å². The predicted molar refractivity (Wildman–Crippen MR) is 126 cm³/mol. The van der Waals surface area contributed by atoms with Crippen LogP contribution in [0.5, 0.6) is 0 Å². The van der Waals surface area contributed by atoms with Gasteiger partial charge in [0.1, 0.15) is 0 Å². The molecule has 2 aliphatic rings. The standard InChI is InChI=1S/2C11H11.C4H12OSi.Zr/c2*1-8-7-10-5-3-4-6-11(10)9(8)2;1-4(2)5-6-3;/h2*3-7H,1-2H3;4H,6H2,1-3H3;. The van der Waals surface area contributed by atoms with Crippen molar-refractivity contribution < 1.29 is 27.7 Å². The van der Waals surface area contributed by atoms with Crippen LogP contribution in [0.25, 0.3) is 11.1 Å². The van der Waals surface area contributed by atoms with E-state index in [0.29, 0.717) is 6.10 Å². The van der Waals surface area contributed by atoms with Crippen LogP contribution in [0.3, 0.4) is 0 Å². The first kappa shape index (κ1) is 22.7. The maximum atomic E-state index is 5.18. The maximum Gasteiger partial charge on any atom is 0.158 e. The van der Waals surface area contributed by atoms with E-state index in [1.807, 2.05) is 0 Å². The summed E-state index contributed by atoms with van der Waals surface area (Å²) >= 11 is -0.668. The first-order valence-electron chi connectivity index (χ1n) is 10.8. The van der Waals surface area contributed by atoms with E-state index in [-0.39, 0.29) is 9.76 Å². The summed E-state index contributed by atoms with van der Waals surface area (Å²) in [5.41, 5.74) is 12.5. The van der Waals surface area contributed by atoms with E-state index < -0.39 is 23.2 Å². The summed E-state index contributed by atoms with van der Waals surface area (Å²) in [6.07, 6.45) is 0.460. The third-order valence-corrected chi connectivity index (χ3v) is 12.5. The van der Waals surface area contributed by atoms with Gasteiger partial charge in [0, 0.05) is 6.10 Å². The smallest absolute Gasteiger partial charge is 0.158 e. The van der Waals surface area contributed by atoms with Gasteiger partial charge in [-0.1, -0.05) is 6.55 Å². The first-order chi connectivity index (χ1) is 13.9. The average Bonchev–Trinajstić information content (AvgIpc) is 3.10. The molecule has 2 aromatic carbocycles. The zero-order valence-corrected chi connectivity index (χ0v) is 22.8. The average molecular weight is 482 g/mol. The van der Waals surface area contributed by atoms with E-state index in [1.165, 1.54) is 22.3 Å². The van der Waals surface area contributed by atoms with Gasteiger partial charge in [-0.2, -0.15) is 0 Å². The number of rotatable bonds is 4. The Labute approximate surface area is 191 Å². The van der Waals surface area contributed by atoms with E-state index >= 15 is 0 Å². The second-order valence-electron chi connectivity index (χ2n) is 8.33. The van der Waals surface area contributed by atoms with Crippen LogP contribution in [0.15, 0.2) is 59.7 Å². The van der Waals surface area contributed by atoms with Gasteiger partial charge in [0.2, 0.25) is 0 Å². The molecule has 4 rings (SSSR count). The van der Waals surface area contributed by atoms with E-state index in [9.17, 15) is 0 Å². The van der Waals surface area contributed by atoms with Crippen molar-refractivity contribution >= 4 is 20.9 Å². The second-order valence-corrected chi connectivity index (χ2v) is 12.9. The molecule has 3 heteroatoms. The maximum absolute atomic E-state index is 5.18. The van der Waals surface area contributed by atoms with Gasteiger partial charge in [-0.3, -0.25) is 0 Å². The van der Waals surface area contributed by atoms with E-state index in [2.05, 4.69) is 96.6 Å². The van der Waals surface area contributed by atoms with Crippen LogP contribution in [0.1, 0.15) is 71.0 Å². The van der Waals surface area contributed by atoms with Crippen molar-refractivity contribution in [3.8, 4) is 0 Å². The monoisotopic (exact) mass is 480 g/mol. The van der Waals surface area contributed by atoms with Gasteiger partial charge in [0.15, 0.2) is 9.76 Å². The Morgan fingerprint density at radius 2 is 1.17 bits per heavy atom. The molecule has 0 bridgehead atoms. The zero-order valence-electron chi connectivity index (χ0n) is 19.0. The first-order valence-corrected chi connectivity index (χ1v) is 15.6. The summed E-state index contributed by atoms with van der Waals surface area (Å²) in [7, 11) is -0.133. The molecule has 2 aromatic rings. The fraction of sp³-hybridized carbons (Fsp3) is 0.385. The zero-order chi connectivity index (χ0) is 21.1. The topological polar surface area (TPSA) is 9.23 Å². The molecule has 1 nitrogen and oxygen atoms in total. The molecule has 2 unspecified atom stereocenters. The molecule has 0 saturated carbocycles. The van der Waals surface area contributed by atoms with E-state index in [1.54, 1.807) is 22.3 Å².